The number of halogens is 1. The van der Waals surface area contributed by atoms with Crippen molar-refractivity contribution in [2.24, 2.45) is 5.92 Å². The number of carbonyl (C=O) groups is 2. The van der Waals surface area contributed by atoms with Crippen molar-refractivity contribution in [1.82, 2.24) is 0 Å². The highest BCUT2D eigenvalue weighted by molar-refractivity contribution is 6.03. The Balaban J connectivity index is 1.70. The molecule has 5 nitrogen and oxygen atoms in total. The third kappa shape index (κ3) is 4.01. The average Bonchev–Trinajstić information content (AvgIpc) is 3.07. The van der Waals surface area contributed by atoms with Gasteiger partial charge in [0.2, 0.25) is 11.8 Å². The number of carbonyl (C=O) groups excluding carboxylic acids is 2. The quantitative estimate of drug-likeness (QED) is 0.821. The Morgan fingerprint density at radius 2 is 1.93 bits per heavy atom. The van der Waals surface area contributed by atoms with Gasteiger partial charge in [0.1, 0.15) is 5.82 Å². The maximum absolute atomic E-state index is 14.0. The number of benzene rings is 2. The van der Waals surface area contributed by atoms with Crippen LogP contribution in [0.15, 0.2) is 42.5 Å². The summed E-state index contributed by atoms with van der Waals surface area (Å²) >= 11 is 0. The highest BCUT2D eigenvalue weighted by Gasteiger charge is 2.36. The summed E-state index contributed by atoms with van der Waals surface area (Å²) in [7, 11) is 0. The Labute approximate surface area is 165 Å². The summed E-state index contributed by atoms with van der Waals surface area (Å²) in [5.41, 5.74) is 3.04. The zero-order chi connectivity index (χ0) is 20.3. The first-order valence-corrected chi connectivity index (χ1v) is 9.66. The number of aryl methyl sites for hydroxylation is 1. The van der Waals surface area contributed by atoms with Crippen molar-refractivity contribution in [2.75, 3.05) is 34.8 Å². The van der Waals surface area contributed by atoms with Crippen molar-refractivity contribution in [3.05, 3.63) is 53.8 Å². The van der Waals surface area contributed by atoms with Gasteiger partial charge in [-0.15, -0.1) is 0 Å². The molecule has 148 valence electrons. The smallest absolute Gasteiger partial charge is 0.229 e. The van der Waals surface area contributed by atoms with E-state index >= 15 is 0 Å². The van der Waals surface area contributed by atoms with Gasteiger partial charge in [-0.3, -0.25) is 9.59 Å². The summed E-state index contributed by atoms with van der Waals surface area (Å²) < 4.78 is 14.0. The number of rotatable bonds is 6. The van der Waals surface area contributed by atoms with E-state index in [0.717, 1.165) is 30.0 Å². The molecule has 1 heterocycles. The fraction of sp³-hybridized carbons (Fsp3) is 0.364. The lowest BCUT2D eigenvalue weighted by atomic mass is 10.1. The average molecular weight is 383 g/mol. The van der Waals surface area contributed by atoms with Gasteiger partial charge in [0.15, 0.2) is 0 Å². The van der Waals surface area contributed by atoms with Crippen molar-refractivity contribution in [1.29, 1.82) is 0 Å². The van der Waals surface area contributed by atoms with Gasteiger partial charge in [-0.1, -0.05) is 12.1 Å². The van der Waals surface area contributed by atoms with Gasteiger partial charge >= 0.3 is 0 Å². The van der Waals surface area contributed by atoms with E-state index in [-0.39, 0.29) is 30.5 Å². The third-order valence-electron chi connectivity index (χ3n) is 5.24. The number of hydrogen-bond donors (Lipinski definition) is 1. The second kappa shape index (κ2) is 8.42. The molecule has 1 atom stereocenters. The lowest BCUT2D eigenvalue weighted by Gasteiger charge is -2.22. The molecule has 2 aromatic carbocycles. The van der Waals surface area contributed by atoms with Crippen LogP contribution in [0, 0.1) is 18.7 Å². The van der Waals surface area contributed by atoms with Gasteiger partial charge in [-0.2, -0.15) is 0 Å². The van der Waals surface area contributed by atoms with Crippen LogP contribution in [0.1, 0.15) is 25.8 Å². The van der Waals surface area contributed by atoms with Crippen LogP contribution < -0.4 is 15.1 Å². The molecule has 28 heavy (non-hydrogen) atoms. The van der Waals surface area contributed by atoms with Crippen molar-refractivity contribution in [3.63, 3.8) is 0 Å². The molecule has 0 spiro atoms. The summed E-state index contributed by atoms with van der Waals surface area (Å²) in [5.74, 6) is -1.42. The van der Waals surface area contributed by atoms with E-state index in [1.54, 1.807) is 18.2 Å². The minimum Gasteiger partial charge on any atom is -0.372 e. The molecule has 1 aliphatic heterocycles. The Morgan fingerprint density at radius 3 is 2.57 bits per heavy atom. The molecule has 1 fully saturated rings. The summed E-state index contributed by atoms with van der Waals surface area (Å²) in [6.07, 6.45) is 0.0801. The first-order valence-electron chi connectivity index (χ1n) is 9.66. The first kappa shape index (κ1) is 19.9. The van der Waals surface area contributed by atoms with Crippen molar-refractivity contribution in [2.45, 2.75) is 27.2 Å². The van der Waals surface area contributed by atoms with Crippen LogP contribution >= 0.6 is 0 Å². The van der Waals surface area contributed by atoms with Crippen LogP contribution in [0.4, 0.5) is 21.5 Å². The molecule has 0 aliphatic carbocycles. The largest absolute Gasteiger partial charge is 0.372 e. The SMILES string of the molecule is CCN(CC)c1ccc(NC(=O)C2CC(=O)N(c3ccccc3F)C2)c(C)c1. The summed E-state index contributed by atoms with van der Waals surface area (Å²) in [6.45, 7) is 8.17. The van der Waals surface area contributed by atoms with Crippen LogP contribution in [-0.4, -0.2) is 31.4 Å². The highest BCUT2D eigenvalue weighted by Crippen LogP contribution is 2.29. The summed E-state index contributed by atoms with van der Waals surface area (Å²) in [4.78, 5) is 28.6. The molecule has 0 saturated carbocycles. The summed E-state index contributed by atoms with van der Waals surface area (Å²) in [6, 6.07) is 12.1. The van der Waals surface area contributed by atoms with Crippen LogP contribution in [0.3, 0.4) is 0 Å². The highest BCUT2D eigenvalue weighted by atomic mass is 19.1. The topological polar surface area (TPSA) is 52.7 Å². The number of amides is 2. The lowest BCUT2D eigenvalue weighted by Crippen LogP contribution is -2.29. The maximum atomic E-state index is 14.0. The van der Waals surface area contributed by atoms with Gasteiger partial charge < -0.3 is 15.1 Å². The standard InChI is InChI=1S/C22H26FN3O2/c1-4-25(5-2)17-10-11-19(15(3)12-17)24-22(28)16-13-21(27)26(14-16)20-9-7-6-8-18(20)23/h6-12,16H,4-5,13-14H2,1-3H3,(H,24,28). The maximum Gasteiger partial charge on any atom is 0.229 e. The fourth-order valence-electron chi connectivity index (χ4n) is 3.60. The van der Waals surface area contributed by atoms with Crippen molar-refractivity contribution in [3.8, 4) is 0 Å². The van der Waals surface area contributed by atoms with E-state index in [1.807, 2.05) is 25.1 Å². The van der Waals surface area contributed by atoms with Gasteiger partial charge in [-0.05, 0) is 56.7 Å². The van der Waals surface area contributed by atoms with E-state index in [2.05, 4.69) is 24.1 Å². The van der Waals surface area contributed by atoms with E-state index in [0.29, 0.717) is 0 Å². The molecular formula is C22H26FN3O2. The van der Waals surface area contributed by atoms with Crippen LogP contribution in [0.25, 0.3) is 0 Å². The predicted octanol–water partition coefficient (Wildman–Crippen LogP) is 3.97. The van der Waals surface area contributed by atoms with Crippen molar-refractivity contribution < 1.29 is 14.0 Å². The number of hydrogen-bond acceptors (Lipinski definition) is 3. The van der Waals surface area contributed by atoms with Gasteiger partial charge in [0, 0.05) is 37.4 Å². The number of nitrogens with one attached hydrogen (secondary N) is 1. The van der Waals surface area contributed by atoms with E-state index in [9.17, 15) is 14.0 Å². The Bertz CT molecular complexity index is 880. The van der Waals surface area contributed by atoms with E-state index in [1.165, 1.54) is 11.0 Å². The van der Waals surface area contributed by atoms with Crippen molar-refractivity contribution >= 4 is 28.9 Å². The van der Waals surface area contributed by atoms with E-state index < -0.39 is 11.7 Å². The summed E-state index contributed by atoms with van der Waals surface area (Å²) in [5, 5.41) is 2.93. The molecule has 1 N–H and O–H groups in total. The second-order valence-electron chi connectivity index (χ2n) is 7.02. The zero-order valence-electron chi connectivity index (χ0n) is 16.5. The van der Waals surface area contributed by atoms with E-state index in [4.69, 9.17) is 0 Å². The second-order valence-corrected chi connectivity index (χ2v) is 7.02. The number of anilines is 3. The molecule has 1 aliphatic rings. The Morgan fingerprint density at radius 1 is 1.21 bits per heavy atom. The molecule has 1 saturated heterocycles. The minimum absolute atomic E-state index is 0.0801. The van der Waals surface area contributed by atoms with Crippen LogP contribution in [0.2, 0.25) is 0 Å². The molecule has 2 aromatic rings. The molecule has 0 aromatic heterocycles. The zero-order valence-corrected chi connectivity index (χ0v) is 16.5. The molecule has 3 rings (SSSR count). The lowest BCUT2D eigenvalue weighted by molar-refractivity contribution is -0.122. The Kier molecular flexibility index (Phi) is 5.97. The van der Waals surface area contributed by atoms with Crippen LogP contribution in [0.5, 0.6) is 0 Å². The fourth-order valence-corrected chi connectivity index (χ4v) is 3.60. The number of para-hydroxylation sites is 1. The first-order chi connectivity index (χ1) is 13.4. The van der Waals surface area contributed by atoms with Gasteiger partial charge in [0.05, 0.1) is 11.6 Å². The number of nitrogens with zero attached hydrogens (tertiary/aromatic N) is 2. The molecule has 1 unspecified atom stereocenters. The molecule has 6 heteroatoms. The normalized spacial score (nSPS) is 16.4. The molecule has 0 radical (unpaired) electrons. The molecule has 0 bridgehead atoms. The Hall–Kier alpha value is -2.89. The molecular weight excluding hydrogens is 357 g/mol. The monoisotopic (exact) mass is 383 g/mol. The van der Waals surface area contributed by atoms with Crippen LogP contribution in [-0.2, 0) is 9.59 Å². The molecule has 2 amide bonds. The van der Waals surface area contributed by atoms with Gasteiger partial charge in [-0.25, -0.2) is 4.39 Å². The van der Waals surface area contributed by atoms with Gasteiger partial charge in [0.25, 0.3) is 0 Å². The third-order valence-corrected chi connectivity index (χ3v) is 5.24. The minimum atomic E-state index is -0.506. The predicted molar refractivity (Wildman–Crippen MR) is 110 cm³/mol.